The molecule has 2 aromatic rings. The highest BCUT2D eigenvalue weighted by Crippen LogP contribution is 2.49. The third-order valence-electron chi connectivity index (χ3n) is 7.69. The number of pyridine rings is 1. The molecule has 7 nitrogen and oxygen atoms in total. The minimum absolute atomic E-state index is 0.0212. The third kappa shape index (κ3) is 4.55. The van der Waals surface area contributed by atoms with Gasteiger partial charge < -0.3 is 9.64 Å². The Labute approximate surface area is 230 Å². The number of hydrogen-bond donors (Lipinski definition) is 0. The maximum absolute atomic E-state index is 13.2. The smallest absolute Gasteiger partial charge is 0.330 e. The highest BCUT2D eigenvalue weighted by molar-refractivity contribution is 6.54. The summed E-state index contributed by atoms with van der Waals surface area (Å²) < 4.78 is 5.05. The van der Waals surface area contributed by atoms with Crippen molar-refractivity contribution in [1.29, 1.82) is 0 Å². The van der Waals surface area contributed by atoms with E-state index >= 15 is 0 Å². The van der Waals surface area contributed by atoms with E-state index < -0.39 is 22.8 Å². The number of esters is 1. The zero-order chi connectivity index (χ0) is 26.3. The van der Waals surface area contributed by atoms with E-state index in [0.29, 0.717) is 25.1 Å². The number of aliphatic imine (C=N–C) groups is 1. The average Bonchev–Trinajstić information content (AvgIpc) is 3.33. The highest BCUT2D eigenvalue weighted by atomic mass is 35.5. The number of carbonyl (C=O) groups is 3. The summed E-state index contributed by atoms with van der Waals surface area (Å²) in [6.07, 6.45) is 8.19. The van der Waals surface area contributed by atoms with Crippen molar-refractivity contribution in [3.05, 3.63) is 57.3 Å². The van der Waals surface area contributed by atoms with Gasteiger partial charge in [-0.2, -0.15) is 0 Å². The molecular weight excluding hydrogens is 537 g/mol. The van der Waals surface area contributed by atoms with E-state index in [0.717, 1.165) is 48.9 Å². The molecule has 2 aliphatic carbocycles. The van der Waals surface area contributed by atoms with Crippen LogP contribution in [-0.2, 0) is 27.2 Å². The van der Waals surface area contributed by atoms with Gasteiger partial charge in [-0.15, -0.1) is 11.6 Å². The van der Waals surface area contributed by atoms with Crippen LogP contribution >= 0.6 is 34.8 Å². The summed E-state index contributed by atoms with van der Waals surface area (Å²) in [5, 5.41) is -0.382. The molecule has 1 aromatic heterocycles. The van der Waals surface area contributed by atoms with Crippen LogP contribution < -0.4 is 4.90 Å². The monoisotopic (exact) mass is 561 g/mol. The Kier molecular flexibility index (Phi) is 7.31. The van der Waals surface area contributed by atoms with Crippen molar-refractivity contribution >= 4 is 63.9 Å². The summed E-state index contributed by atoms with van der Waals surface area (Å²) in [4.78, 5) is 48.9. The number of amides is 1. The first-order valence-electron chi connectivity index (χ1n) is 12.3. The lowest BCUT2D eigenvalue weighted by Gasteiger charge is -2.47. The zero-order valence-electron chi connectivity index (χ0n) is 20.3. The lowest BCUT2D eigenvalue weighted by atomic mass is 9.58. The molecule has 194 valence electrons. The van der Waals surface area contributed by atoms with Crippen LogP contribution in [0.4, 0.5) is 5.69 Å². The topological polar surface area (TPSA) is 88.9 Å². The van der Waals surface area contributed by atoms with E-state index in [9.17, 15) is 14.4 Å². The van der Waals surface area contributed by atoms with Gasteiger partial charge in [-0.05, 0) is 36.5 Å². The lowest BCUT2D eigenvalue weighted by Crippen LogP contribution is -2.61. The minimum atomic E-state index is -0.806. The normalized spacial score (nSPS) is 22.1. The molecule has 1 amide bonds. The van der Waals surface area contributed by atoms with Crippen molar-refractivity contribution in [1.82, 2.24) is 4.98 Å². The number of halogens is 3. The number of methoxy groups -OCH3 is 1. The molecule has 37 heavy (non-hydrogen) atoms. The Morgan fingerprint density at radius 1 is 1.19 bits per heavy atom. The summed E-state index contributed by atoms with van der Waals surface area (Å²) in [6, 6.07) is 4.91. The number of nitrogens with zero attached hydrogens (tertiary/aromatic N) is 3. The largest absolute Gasteiger partial charge is 0.467 e. The molecule has 0 saturated heterocycles. The summed E-state index contributed by atoms with van der Waals surface area (Å²) >= 11 is 18.8. The molecule has 2 unspecified atom stereocenters. The van der Waals surface area contributed by atoms with E-state index in [4.69, 9.17) is 44.5 Å². The molecule has 1 aromatic carbocycles. The number of benzene rings is 1. The fraction of sp³-hybridized carbons (Fsp3) is 0.444. The summed E-state index contributed by atoms with van der Waals surface area (Å²) in [6.45, 7) is 0.480. The first-order valence-corrected chi connectivity index (χ1v) is 13.5. The van der Waals surface area contributed by atoms with Crippen LogP contribution in [0.1, 0.15) is 53.6 Å². The number of ketones is 1. The average molecular weight is 563 g/mol. The molecule has 2 saturated carbocycles. The number of fused-ring (bicyclic) bond motifs is 1. The summed E-state index contributed by atoms with van der Waals surface area (Å²) in [7, 11) is 1.33. The quantitative estimate of drug-likeness (QED) is 0.366. The number of rotatable bonds is 5. The Bertz CT molecular complexity index is 1290. The van der Waals surface area contributed by atoms with E-state index in [1.165, 1.54) is 19.5 Å². The van der Waals surface area contributed by atoms with Crippen LogP contribution in [0.2, 0.25) is 10.0 Å². The summed E-state index contributed by atoms with van der Waals surface area (Å²) in [5.41, 5.74) is 2.84. The number of aromatic nitrogens is 1. The van der Waals surface area contributed by atoms with Crippen LogP contribution in [0.25, 0.3) is 0 Å². The second-order valence-electron chi connectivity index (χ2n) is 9.77. The molecule has 2 fully saturated rings. The number of carbonyl (C=O) groups excluding carboxylic acids is 3. The molecular formula is C27H26Cl3N3O4. The van der Waals surface area contributed by atoms with Crippen molar-refractivity contribution in [3.63, 3.8) is 0 Å². The molecule has 2 atom stereocenters. The minimum Gasteiger partial charge on any atom is -0.467 e. The maximum atomic E-state index is 13.2. The Balaban J connectivity index is 1.39. The predicted molar refractivity (Wildman–Crippen MR) is 143 cm³/mol. The van der Waals surface area contributed by atoms with Crippen LogP contribution in [0.15, 0.2) is 35.6 Å². The van der Waals surface area contributed by atoms with Crippen molar-refractivity contribution in [2.45, 2.75) is 56.4 Å². The molecule has 0 bridgehead atoms. The van der Waals surface area contributed by atoms with E-state index in [-0.39, 0.29) is 27.3 Å². The van der Waals surface area contributed by atoms with E-state index in [1.54, 1.807) is 4.90 Å². The highest BCUT2D eigenvalue weighted by Gasteiger charge is 2.58. The van der Waals surface area contributed by atoms with Gasteiger partial charge in [0.1, 0.15) is 5.38 Å². The molecule has 10 heteroatoms. The first kappa shape index (κ1) is 26.1. The molecule has 1 spiro atoms. The fourth-order valence-corrected chi connectivity index (χ4v) is 6.76. The van der Waals surface area contributed by atoms with Crippen molar-refractivity contribution in [2.75, 3.05) is 18.6 Å². The Morgan fingerprint density at radius 3 is 2.57 bits per heavy atom. The molecule has 2 heterocycles. The standard InChI is InChI=1S/C27H26Cl3N3O4/c1-37-26(36)19(32-23-22(30)24(34)27(23)8-3-2-4-9-27)12-15-5-6-20-16(11-15)7-10-33(20)25(35)21-17(28)13-31-14-18(21)29/h5-6,11,13-14,19,22H,2-4,7-10,12H2,1H3. The van der Waals surface area contributed by atoms with Gasteiger partial charge in [0.25, 0.3) is 5.91 Å². The van der Waals surface area contributed by atoms with Crippen molar-refractivity contribution in [2.24, 2.45) is 10.4 Å². The van der Waals surface area contributed by atoms with Crippen molar-refractivity contribution in [3.8, 4) is 0 Å². The lowest BCUT2D eigenvalue weighted by molar-refractivity contribution is -0.142. The van der Waals surface area contributed by atoms with Crippen LogP contribution in [0, 0.1) is 5.41 Å². The van der Waals surface area contributed by atoms with Gasteiger partial charge in [0, 0.05) is 31.0 Å². The third-order valence-corrected chi connectivity index (χ3v) is 8.67. The van der Waals surface area contributed by atoms with E-state index in [1.807, 2.05) is 18.2 Å². The van der Waals surface area contributed by atoms with Crippen LogP contribution in [0.5, 0.6) is 0 Å². The van der Waals surface area contributed by atoms with Crippen LogP contribution in [0.3, 0.4) is 0 Å². The number of hydrogen-bond acceptors (Lipinski definition) is 6. The van der Waals surface area contributed by atoms with Gasteiger partial charge >= 0.3 is 5.97 Å². The van der Waals surface area contributed by atoms with Gasteiger partial charge in [0.15, 0.2) is 11.8 Å². The van der Waals surface area contributed by atoms with Gasteiger partial charge in [-0.3, -0.25) is 19.6 Å². The molecule has 0 N–H and O–H groups in total. The number of alkyl halides is 1. The van der Waals surface area contributed by atoms with E-state index in [2.05, 4.69) is 4.98 Å². The summed E-state index contributed by atoms with van der Waals surface area (Å²) in [5.74, 6) is -0.739. The predicted octanol–water partition coefficient (Wildman–Crippen LogP) is 5.26. The maximum Gasteiger partial charge on any atom is 0.330 e. The van der Waals surface area contributed by atoms with Crippen molar-refractivity contribution < 1.29 is 19.1 Å². The van der Waals surface area contributed by atoms with Crippen LogP contribution in [-0.4, -0.2) is 53.4 Å². The second kappa shape index (κ2) is 10.4. The number of ether oxygens (including phenoxy) is 1. The zero-order valence-corrected chi connectivity index (χ0v) is 22.6. The number of anilines is 1. The molecule has 0 radical (unpaired) electrons. The van der Waals surface area contributed by atoms with Gasteiger partial charge in [-0.1, -0.05) is 54.6 Å². The SMILES string of the molecule is COC(=O)C(Cc1ccc2c(c1)CCN2C(=O)c1c(Cl)cncc1Cl)N=C1C(Cl)C(=O)C12CCCCC2. The fourth-order valence-electron chi connectivity index (χ4n) is 5.76. The Morgan fingerprint density at radius 2 is 1.89 bits per heavy atom. The van der Waals surface area contributed by atoms with Gasteiger partial charge in [-0.25, -0.2) is 4.79 Å². The van der Waals surface area contributed by atoms with Gasteiger partial charge in [0.2, 0.25) is 0 Å². The van der Waals surface area contributed by atoms with Gasteiger partial charge in [0.05, 0.1) is 33.8 Å². The molecule has 1 aliphatic heterocycles. The number of Topliss-reactive ketones (excluding diaryl/α,β-unsaturated/α-hetero) is 1. The first-order chi connectivity index (χ1) is 17.8. The molecule has 3 aliphatic rings. The second-order valence-corrected chi connectivity index (χ2v) is 11.0. The Hall–Kier alpha value is -2.48. The molecule has 5 rings (SSSR count).